The van der Waals surface area contributed by atoms with Gasteiger partial charge in [-0.05, 0) is 42.6 Å². The zero-order chi connectivity index (χ0) is 17.1. The fourth-order valence-corrected chi connectivity index (χ4v) is 2.69. The molecule has 0 saturated heterocycles. The van der Waals surface area contributed by atoms with Gasteiger partial charge in [0.1, 0.15) is 5.75 Å². The van der Waals surface area contributed by atoms with Crippen molar-refractivity contribution in [2.75, 3.05) is 11.9 Å². The minimum atomic E-state index is -0.524. The Hall–Kier alpha value is -2.87. The number of thiophene rings is 1. The predicted molar refractivity (Wildman–Crippen MR) is 91.1 cm³/mol. The molecule has 1 aromatic carbocycles. The predicted octanol–water partition coefficient (Wildman–Crippen LogP) is 3.45. The number of primary amides is 1. The number of aromatic nitrogens is 2. The van der Waals surface area contributed by atoms with Gasteiger partial charge < -0.3 is 15.0 Å². The van der Waals surface area contributed by atoms with Crippen LogP contribution in [0.1, 0.15) is 18.9 Å². The molecule has 2 heterocycles. The zero-order valence-corrected chi connectivity index (χ0v) is 14.0. The van der Waals surface area contributed by atoms with Crippen LogP contribution in [0.5, 0.6) is 5.75 Å². The summed E-state index contributed by atoms with van der Waals surface area (Å²) in [5.41, 5.74) is 5.92. The highest BCUT2D eigenvalue weighted by atomic mass is 32.1. The van der Waals surface area contributed by atoms with Gasteiger partial charge in [-0.15, -0.1) is 11.3 Å². The van der Waals surface area contributed by atoms with E-state index in [-0.39, 0.29) is 0 Å². The van der Waals surface area contributed by atoms with Gasteiger partial charge in [-0.2, -0.15) is 4.98 Å². The molecule has 2 N–H and O–H groups in total. The van der Waals surface area contributed by atoms with Crippen LogP contribution in [-0.2, 0) is 0 Å². The highest BCUT2D eigenvalue weighted by Crippen LogP contribution is 2.26. The summed E-state index contributed by atoms with van der Waals surface area (Å²) in [7, 11) is 1.60. The third-order valence-electron chi connectivity index (χ3n) is 3.40. The molecule has 0 fully saturated rings. The van der Waals surface area contributed by atoms with Crippen LogP contribution in [0.4, 0.5) is 10.5 Å². The van der Waals surface area contributed by atoms with Gasteiger partial charge in [0.05, 0.1) is 4.88 Å². The van der Waals surface area contributed by atoms with Crippen molar-refractivity contribution in [3.05, 3.63) is 47.7 Å². The van der Waals surface area contributed by atoms with Crippen LogP contribution in [0.25, 0.3) is 10.7 Å². The Bertz CT molecular complexity index is 814. The molecule has 1 unspecified atom stereocenters. The fourth-order valence-electron chi connectivity index (χ4n) is 2.04. The number of ether oxygens (including phenoxy) is 1. The summed E-state index contributed by atoms with van der Waals surface area (Å²) in [6, 6.07) is 10.3. The molecule has 124 valence electrons. The first kappa shape index (κ1) is 16.0. The number of amides is 2. The van der Waals surface area contributed by atoms with E-state index in [9.17, 15) is 4.79 Å². The molecule has 2 amide bonds. The van der Waals surface area contributed by atoms with Gasteiger partial charge in [-0.3, -0.25) is 4.90 Å². The maximum atomic E-state index is 11.1. The Morgan fingerprint density at radius 3 is 2.71 bits per heavy atom. The number of urea groups is 1. The number of hydrogen-bond acceptors (Lipinski definition) is 6. The highest BCUT2D eigenvalue weighted by molar-refractivity contribution is 7.13. The van der Waals surface area contributed by atoms with Crippen molar-refractivity contribution in [2.24, 2.45) is 5.73 Å². The van der Waals surface area contributed by atoms with Crippen molar-refractivity contribution in [3.63, 3.8) is 0 Å². The Labute approximate surface area is 142 Å². The van der Waals surface area contributed by atoms with E-state index in [1.54, 1.807) is 42.6 Å². The highest BCUT2D eigenvalue weighted by Gasteiger charge is 2.17. The molecule has 7 nitrogen and oxygen atoms in total. The van der Waals surface area contributed by atoms with E-state index >= 15 is 0 Å². The smallest absolute Gasteiger partial charge is 0.318 e. The molecule has 24 heavy (non-hydrogen) atoms. The van der Waals surface area contributed by atoms with Gasteiger partial charge in [0.2, 0.25) is 5.82 Å². The Morgan fingerprint density at radius 2 is 2.08 bits per heavy atom. The summed E-state index contributed by atoms with van der Waals surface area (Å²) in [6.45, 7) is 1.83. The number of nitrogens with zero attached hydrogens (tertiary/aromatic N) is 3. The second kappa shape index (κ2) is 6.71. The van der Waals surface area contributed by atoms with Crippen LogP contribution in [0.15, 0.2) is 46.3 Å². The van der Waals surface area contributed by atoms with Crippen molar-refractivity contribution in [2.45, 2.75) is 13.0 Å². The normalized spacial score (nSPS) is 11.9. The second-order valence-corrected chi connectivity index (χ2v) is 6.03. The lowest BCUT2D eigenvalue weighted by molar-refractivity contribution is 0.176. The molecule has 0 bridgehead atoms. The first-order valence-corrected chi connectivity index (χ1v) is 8.10. The topological polar surface area (TPSA) is 94.5 Å². The summed E-state index contributed by atoms with van der Waals surface area (Å²) < 4.78 is 11.1. The van der Waals surface area contributed by atoms with E-state index in [0.717, 1.165) is 4.88 Å². The number of carbonyl (C=O) groups is 1. The maximum Gasteiger partial charge on any atom is 0.318 e. The standard InChI is InChI=1S/C16H16N4O3S/c1-10(15-18-14(19-23-15)13-4-3-9-24-13)22-12-7-5-11(6-8-12)20(2)16(17)21/h3-10H,1-2H3,(H2,17,21). The van der Waals surface area contributed by atoms with Crippen LogP contribution >= 0.6 is 11.3 Å². The van der Waals surface area contributed by atoms with E-state index in [4.69, 9.17) is 15.0 Å². The number of anilines is 1. The molecule has 2 aromatic heterocycles. The third-order valence-corrected chi connectivity index (χ3v) is 4.26. The molecule has 3 rings (SSSR count). The van der Waals surface area contributed by atoms with E-state index in [0.29, 0.717) is 23.2 Å². The van der Waals surface area contributed by atoms with E-state index in [1.807, 2.05) is 24.4 Å². The molecule has 0 aliphatic heterocycles. The minimum Gasteiger partial charge on any atom is -0.481 e. The van der Waals surface area contributed by atoms with Gasteiger partial charge in [-0.1, -0.05) is 11.2 Å². The van der Waals surface area contributed by atoms with Crippen molar-refractivity contribution in [1.29, 1.82) is 0 Å². The van der Waals surface area contributed by atoms with Crippen LogP contribution < -0.4 is 15.4 Å². The van der Waals surface area contributed by atoms with Gasteiger partial charge in [0.25, 0.3) is 5.89 Å². The SMILES string of the molecule is CC(Oc1ccc(N(C)C(N)=O)cc1)c1nc(-c2cccs2)no1. The van der Waals surface area contributed by atoms with Crippen LogP contribution in [0.2, 0.25) is 0 Å². The largest absolute Gasteiger partial charge is 0.481 e. The summed E-state index contributed by atoms with van der Waals surface area (Å²) in [6.07, 6.45) is -0.397. The van der Waals surface area contributed by atoms with Crippen molar-refractivity contribution in [1.82, 2.24) is 10.1 Å². The quantitative estimate of drug-likeness (QED) is 0.765. The molecule has 0 aliphatic rings. The van der Waals surface area contributed by atoms with Gasteiger partial charge >= 0.3 is 6.03 Å². The first-order chi connectivity index (χ1) is 11.5. The van der Waals surface area contributed by atoms with Crippen LogP contribution in [0, 0.1) is 0 Å². The first-order valence-electron chi connectivity index (χ1n) is 7.22. The van der Waals surface area contributed by atoms with Crippen LogP contribution in [-0.4, -0.2) is 23.2 Å². The Morgan fingerprint density at radius 1 is 1.33 bits per heavy atom. The molecule has 8 heteroatoms. The van der Waals surface area contributed by atoms with Crippen molar-refractivity contribution >= 4 is 23.1 Å². The molecule has 1 atom stereocenters. The molecule has 0 spiro atoms. The van der Waals surface area contributed by atoms with Gasteiger partial charge in [0.15, 0.2) is 6.10 Å². The Kier molecular flexibility index (Phi) is 4.48. The van der Waals surface area contributed by atoms with E-state index in [2.05, 4.69) is 10.1 Å². The molecule has 0 radical (unpaired) electrons. The monoisotopic (exact) mass is 344 g/mol. The summed E-state index contributed by atoms with van der Waals surface area (Å²) in [4.78, 5) is 17.8. The Balaban J connectivity index is 1.68. The summed E-state index contributed by atoms with van der Waals surface area (Å²) in [5, 5.41) is 5.92. The molecule has 0 aliphatic carbocycles. The summed E-state index contributed by atoms with van der Waals surface area (Å²) in [5.74, 6) is 1.57. The minimum absolute atomic E-state index is 0.397. The van der Waals surface area contributed by atoms with E-state index < -0.39 is 12.1 Å². The number of benzene rings is 1. The summed E-state index contributed by atoms with van der Waals surface area (Å²) >= 11 is 1.54. The lowest BCUT2D eigenvalue weighted by Gasteiger charge is -2.15. The maximum absolute atomic E-state index is 11.1. The third kappa shape index (κ3) is 3.38. The number of carbonyl (C=O) groups excluding carboxylic acids is 1. The van der Waals surface area contributed by atoms with Crippen molar-refractivity contribution in [3.8, 4) is 16.5 Å². The fraction of sp³-hybridized carbons (Fsp3) is 0.188. The van der Waals surface area contributed by atoms with Gasteiger partial charge in [-0.25, -0.2) is 4.79 Å². The average molecular weight is 344 g/mol. The van der Waals surface area contributed by atoms with Gasteiger partial charge in [0, 0.05) is 12.7 Å². The average Bonchev–Trinajstić information content (AvgIpc) is 3.26. The van der Waals surface area contributed by atoms with Crippen LogP contribution in [0.3, 0.4) is 0 Å². The lowest BCUT2D eigenvalue weighted by atomic mass is 10.3. The van der Waals surface area contributed by atoms with E-state index in [1.165, 1.54) is 4.90 Å². The molecular weight excluding hydrogens is 328 g/mol. The molecular formula is C16H16N4O3S. The zero-order valence-electron chi connectivity index (χ0n) is 13.2. The number of rotatable bonds is 5. The van der Waals surface area contributed by atoms with Crippen molar-refractivity contribution < 1.29 is 14.1 Å². The second-order valence-electron chi connectivity index (χ2n) is 5.08. The number of nitrogens with two attached hydrogens (primary N) is 1. The number of hydrogen-bond donors (Lipinski definition) is 1. The lowest BCUT2D eigenvalue weighted by Crippen LogP contribution is -2.31. The molecule has 0 saturated carbocycles. The molecule has 3 aromatic rings.